The summed E-state index contributed by atoms with van der Waals surface area (Å²) in [5.41, 5.74) is 8.87. The Morgan fingerprint density at radius 3 is 2.74 bits per heavy atom. The molecule has 4 nitrogen and oxygen atoms in total. The average molecular weight is 251 g/mol. The maximum Gasteiger partial charge on any atom is 0.255 e. The molecule has 94 valence electrons. The Balaban J connectivity index is 2.21. The molecule has 3 N–H and O–H groups in total. The fourth-order valence-electron chi connectivity index (χ4n) is 1.65. The number of nitriles is 1. The van der Waals surface area contributed by atoms with E-state index in [9.17, 15) is 4.79 Å². The molecule has 0 bridgehead atoms. The maximum atomic E-state index is 12.0. The van der Waals surface area contributed by atoms with Gasteiger partial charge in [0.15, 0.2) is 0 Å². The molecule has 0 aromatic heterocycles. The molecule has 0 atom stereocenters. The van der Waals surface area contributed by atoms with Gasteiger partial charge in [0.05, 0.1) is 11.6 Å². The highest BCUT2D eigenvalue weighted by atomic mass is 16.1. The number of hydrogen-bond donors (Lipinski definition) is 2. The van der Waals surface area contributed by atoms with Gasteiger partial charge in [-0.25, -0.2) is 0 Å². The summed E-state index contributed by atoms with van der Waals surface area (Å²) in [6.45, 7) is 1.88. The van der Waals surface area contributed by atoms with Gasteiger partial charge in [-0.15, -0.1) is 0 Å². The number of nitrogens with one attached hydrogen (secondary N) is 1. The molecule has 0 unspecified atom stereocenters. The van der Waals surface area contributed by atoms with Gasteiger partial charge in [-0.3, -0.25) is 4.79 Å². The van der Waals surface area contributed by atoms with Crippen LogP contribution in [-0.4, -0.2) is 5.91 Å². The van der Waals surface area contributed by atoms with Crippen molar-refractivity contribution in [3.05, 3.63) is 59.2 Å². The summed E-state index contributed by atoms with van der Waals surface area (Å²) in [5.74, 6) is -0.248. The van der Waals surface area contributed by atoms with Crippen LogP contribution >= 0.6 is 0 Å². The second-order valence-corrected chi connectivity index (χ2v) is 4.22. The lowest BCUT2D eigenvalue weighted by molar-refractivity contribution is 0.102. The van der Waals surface area contributed by atoms with Gasteiger partial charge in [0.2, 0.25) is 0 Å². The van der Waals surface area contributed by atoms with E-state index in [1.165, 1.54) is 0 Å². The number of benzene rings is 2. The molecule has 0 saturated carbocycles. The van der Waals surface area contributed by atoms with Crippen LogP contribution in [0.4, 0.5) is 11.4 Å². The number of nitrogens with two attached hydrogens (primary N) is 1. The molecule has 2 rings (SSSR count). The summed E-state index contributed by atoms with van der Waals surface area (Å²) in [6, 6.07) is 13.9. The summed E-state index contributed by atoms with van der Waals surface area (Å²) in [7, 11) is 0. The second-order valence-electron chi connectivity index (χ2n) is 4.22. The van der Waals surface area contributed by atoms with Crippen LogP contribution in [0.2, 0.25) is 0 Å². The minimum Gasteiger partial charge on any atom is -0.398 e. The molecule has 4 heteroatoms. The van der Waals surface area contributed by atoms with Crippen molar-refractivity contribution in [3.63, 3.8) is 0 Å². The van der Waals surface area contributed by atoms with Crippen molar-refractivity contribution in [3.8, 4) is 6.07 Å². The lowest BCUT2D eigenvalue weighted by atomic mass is 10.1. The Morgan fingerprint density at radius 1 is 1.26 bits per heavy atom. The van der Waals surface area contributed by atoms with Crippen molar-refractivity contribution in [2.75, 3.05) is 11.1 Å². The zero-order chi connectivity index (χ0) is 13.8. The van der Waals surface area contributed by atoms with Crippen molar-refractivity contribution in [1.29, 1.82) is 5.26 Å². The first-order chi connectivity index (χ1) is 9.10. The van der Waals surface area contributed by atoms with Crippen molar-refractivity contribution in [2.24, 2.45) is 0 Å². The van der Waals surface area contributed by atoms with Gasteiger partial charge in [-0.2, -0.15) is 5.26 Å². The summed E-state index contributed by atoms with van der Waals surface area (Å²) in [4.78, 5) is 12.0. The number of amides is 1. The van der Waals surface area contributed by atoms with Gasteiger partial charge in [-0.1, -0.05) is 12.1 Å². The molecule has 0 saturated heterocycles. The number of nitrogens with zero attached hydrogens (tertiary/aromatic N) is 1. The highest BCUT2D eigenvalue weighted by molar-refractivity contribution is 6.04. The van der Waals surface area contributed by atoms with Crippen LogP contribution in [-0.2, 0) is 0 Å². The van der Waals surface area contributed by atoms with Crippen molar-refractivity contribution in [2.45, 2.75) is 6.92 Å². The van der Waals surface area contributed by atoms with Crippen molar-refractivity contribution >= 4 is 17.3 Å². The largest absolute Gasteiger partial charge is 0.398 e. The third kappa shape index (κ3) is 2.90. The van der Waals surface area contributed by atoms with Gasteiger partial charge in [0, 0.05) is 16.9 Å². The van der Waals surface area contributed by atoms with Crippen LogP contribution in [0.3, 0.4) is 0 Å². The van der Waals surface area contributed by atoms with E-state index in [1.54, 1.807) is 42.5 Å². The average Bonchev–Trinajstić information content (AvgIpc) is 2.42. The minimum atomic E-state index is -0.248. The Bertz CT molecular complexity index is 671. The SMILES string of the molecule is Cc1ccc(C(=O)Nc2cccc(C#N)c2)cc1N. The standard InChI is InChI=1S/C15H13N3O/c1-10-5-6-12(8-14(10)17)15(19)18-13-4-2-3-11(7-13)9-16/h2-8H,17H2,1H3,(H,18,19). The van der Waals surface area contributed by atoms with Gasteiger partial charge in [0.1, 0.15) is 0 Å². The van der Waals surface area contributed by atoms with Crippen molar-refractivity contribution < 1.29 is 4.79 Å². The highest BCUT2D eigenvalue weighted by Gasteiger charge is 2.07. The fourth-order valence-corrected chi connectivity index (χ4v) is 1.65. The topological polar surface area (TPSA) is 78.9 Å². The summed E-state index contributed by atoms with van der Waals surface area (Å²) >= 11 is 0. The molecule has 0 radical (unpaired) electrons. The monoisotopic (exact) mass is 251 g/mol. The van der Waals surface area contributed by atoms with E-state index in [1.807, 2.05) is 13.0 Å². The number of hydrogen-bond acceptors (Lipinski definition) is 3. The summed E-state index contributed by atoms with van der Waals surface area (Å²) in [5, 5.41) is 11.5. The Morgan fingerprint density at radius 2 is 2.05 bits per heavy atom. The van der Waals surface area contributed by atoms with Crippen LogP contribution < -0.4 is 11.1 Å². The number of aryl methyl sites for hydroxylation is 1. The predicted molar refractivity (Wildman–Crippen MR) is 74.7 cm³/mol. The predicted octanol–water partition coefficient (Wildman–Crippen LogP) is 2.70. The van der Waals surface area contributed by atoms with Gasteiger partial charge in [0.25, 0.3) is 5.91 Å². The molecule has 0 spiro atoms. The lowest BCUT2D eigenvalue weighted by Gasteiger charge is -2.07. The second kappa shape index (κ2) is 5.23. The molecular formula is C15H13N3O. The van der Waals surface area contributed by atoms with Crippen LogP contribution in [0.1, 0.15) is 21.5 Å². The Labute approximate surface area is 111 Å². The Kier molecular flexibility index (Phi) is 3.48. The molecule has 0 heterocycles. The number of carbonyl (C=O) groups excluding carboxylic acids is 1. The molecule has 2 aromatic carbocycles. The molecular weight excluding hydrogens is 238 g/mol. The van der Waals surface area contributed by atoms with E-state index >= 15 is 0 Å². The molecule has 0 aliphatic heterocycles. The van der Waals surface area contributed by atoms with Crippen LogP contribution in [0, 0.1) is 18.3 Å². The molecule has 0 fully saturated rings. The van der Waals surface area contributed by atoms with Gasteiger partial charge in [-0.05, 0) is 42.8 Å². The first-order valence-electron chi connectivity index (χ1n) is 5.78. The fraction of sp³-hybridized carbons (Fsp3) is 0.0667. The zero-order valence-corrected chi connectivity index (χ0v) is 10.5. The summed E-state index contributed by atoms with van der Waals surface area (Å²) < 4.78 is 0. The molecule has 0 aliphatic rings. The van der Waals surface area contributed by atoms with E-state index in [4.69, 9.17) is 11.0 Å². The van der Waals surface area contributed by atoms with E-state index in [-0.39, 0.29) is 5.91 Å². The number of rotatable bonds is 2. The Hall–Kier alpha value is -2.80. The number of anilines is 2. The quantitative estimate of drug-likeness (QED) is 0.805. The molecule has 0 aliphatic carbocycles. The number of carbonyl (C=O) groups is 1. The number of nitrogen functional groups attached to an aromatic ring is 1. The smallest absolute Gasteiger partial charge is 0.255 e. The van der Waals surface area contributed by atoms with E-state index in [2.05, 4.69) is 5.32 Å². The first-order valence-corrected chi connectivity index (χ1v) is 5.78. The first kappa shape index (κ1) is 12.7. The van der Waals surface area contributed by atoms with Gasteiger partial charge >= 0.3 is 0 Å². The molecule has 2 aromatic rings. The molecule has 1 amide bonds. The maximum absolute atomic E-state index is 12.0. The molecule has 19 heavy (non-hydrogen) atoms. The van der Waals surface area contributed by atoms with Crippen LogP contribution in [0.15, 0.2) is 42.5 Å². The van der Waals surface area contributed by atoms with E-state index in [0.29, 0.717) is 22.5 Å². The van der Waals surface area contributed by atoms with Crippen molar-refractivity contribution in [1.82, 2.24) is 0 Å². The van der Waals surface area contributed by atoms with Crippen LogP contribution in [0.25, 0.3) is 0 Å². The van der Waals surface area contributed by atoms with Crippen LogP contribution in [0.5, 0.6) is 0 Å². The minimum absolute atomic E-state index is 0.248. The van der Waals surface area contributed by atoms with E-state index < -0.39 is 0 Å². The third-order valence-corrected chi connectivity index (χ3v) is 2.79. The normalized spacial score (nSPS) is 9.68. The van der Waals surface area contributed by atoms with Gasteiger partial charge < -0.3 is 11.1 Å². The zero-order valence-electron chi connectivity index (χ0n) is 10.5. The highest BCUT2D eigenvalue weighted by Crippen LogP contribution is 2.15. The lowest BCUT2D eigenvalue weighted by Crippen LogP contribution is -2.12. The third-order valence-electron chi connectivity index (χ3n) is 2.79. The summed E-state index contributed by atoms with van der Waals surface area (Å²) in [6.07, 6.45) is 0. The van der Waals surface area contributed by atoms with E-state index in [0.717, 1.165) is 5.56 Å².